The summed E-state index contributed by atoms with van der Waals surface area (Å²) in [7, 11) is 0. The number of benzene rings is 1. The van der Waals surface area contributed by atoms with Crippen LogP contribution in [0.4, 0.5) is 4.79 Å². The first-order chi connectivity index (χ1) is 16.3. The summed E-state index contributed by atoms with van der Waals surface area (Å²) >= 11 is 0. The van der Waals surface area contributed by atoms with Crippen molar-refractivity contribution in [2.24, 2.45) is 0 Å². The number of carboxylic acid groups (broad SMARTS) is 1. The van der Waals surface area contributed by atoms with Crippen LogP contribution in [0, 0.1) is 0 Å². The molecule has 198 valence electrons. The highest BCUT2D eigenvalue weighted by Gasteiger charge is 2.50. The first-order valence-corrected chi connectivity index (χ1v) is 13.5. The maximum absolute atomic E-state index is 12.3. The van der Waals surface area contributed by atoms with Crippen LogP contribution >= 0.6 is 0 Å². The number of carbonyl (C=O) groups is 1. The lowest BCUT2D eigenvalue weighted by Gasteiger charge is -2.53. The lowest BCUT2D eigenvalue weighted by molar-refractivity contribution is -0.289. The average molecular weight is 490 g/mol. The molecule has 6 heteroatoms. The minimum absolute atomic E-state index is 0.313. The number of ether oxygens (including phenoxy) is 2. The minimum Gasteiger partial charge on any atom is -0.465 e. The molecule has 1 aliphatic heterocycles. The van der Waals surface area contributed by atoms with Crippen molar-refractivity contribution >= 4 is 6.09 Å². The molecular formula is C29H47NO5. The zero-order valence-electron chi connectivity index (χ0n) is 22.6. The van der Waals surface area contributed by atoms with Crippen LogP contribution in [0.5, 0.6) is 0 Å². The monoisotopic (exact) mass is 489 g/mol. The molecule has 3 rings (SSSR count). The lowest BCUT2D eigenvalue weighted by atomic mass is 9.81. The number of hydrogen-bond acceptors (Lipinski definition) is 4. The standard InChI is InChI=1S/C29H47NO5/c1-26(2,3)30(25(31)32)28(21-34-27(4,5)35-22-28)20-16-24-14-12-23(13-15-24)11-7-10-19-29(33)17-8-6-9-18-29/h12-15,33H,6-11,16-22H2,1-5H3,(H,31,32). The zero-order valence-corrected chi connectivity index (χ0v) is 22.6. The molecule has 1 saturated heterocycles. The molecule has 0 unspecified atom stereocenters. The van der Waals surface area contributed by atoms with Crippen molar-refractivity contribution in [2.45, 2.75) is 128 Å². The van der Waals surface area contributed by atoms with E-state index in [0.29, 0.717) is 19.6 Å². The van der Waals surface area contributed by atoms with E-state index >= 15 is 0 Å². The second-order valence-corrected chi connectivity index (χ2v) is 12.3. The van der Waals surface area contributed by atoms with Gasteiger partial charge in [0.15, 0.2) is 5.79 Å². The van der Waals surface area contributed by atoms with Crippen LogP contribution in [-0.4, -0.2) is 56.9 Å². The summed E-state index contributed by atoms with van der Waals surface area (Å²) in [4.78, 5) is 13.8. The molecule has 1 aromatic rings. The Balaban J connectivity index is 1.57. The van der Waals surface area contributed by atoms with Crippen molar-refractivity contribution in [1.82, 2.24) is 4.90 Å². The van der Waals surface area contributed by atoms with Gasteiger partial charge in [-0.05, 0) is 90.7 Å². The van der Waals surface area contributed by atoms with Crippen LogP contribution in [0.3, 0.4) is 0 Å². The van der Waals surface area contributed by atoms with Crippen LogP contribution in [0.2, 0.25) is 0 Å². The normalized spacial score (nSPS) is 21.4. The van der Waals surface area contributed by atoms with Crippen LogP contribution in [0.1, 0.15) is 104 Å². The van der Waals surface area contributed by atoms with Crippen molar-refractivity contribution in [2.75, 3.05) is 13.2 Å². The lowest BCUT2D eigenvalue weighted by Crippen LogP contribution is -2.67. The summed E-state index contributed by atoms with van der Waals surface area (Å²) in [6, 6.07) is 8.70. The molecular weight excluding hydrogens is 442 g/mol. The Morgan fingerprint density at radius 2 is 1.46 bits per heavy atom. The third-order valence-corrected chi connectivity index (χ3v) is 7.76. The predicted octanol–water partition coefficient (Wildman–Crippen LogP) is 6.33. The number of nitrogens with zero attached hydrogens (tertiary/aromatic N) is 1. The number of aryl methyl sites for hydroxylation is 2. The minimum atomic E-state index is -0.947. The maximum Gasteiger partial charge on any atom is 0.408 e. The highest BCUT2D eigenvalue weighted by Crippen LogP contribution is 2.36. The number of amides is 1. The van der Waals surface area contributed by atoms with Gasteiger partial charge < -0.3 is 19.7 Å². The topological polar surface area (TPSA) is 79.2 Å². The average Bonchev–Trinajstić information content (AvgIpc) is 2.77. The number of aliphatic hydroxyl groups is 1. The molecule has 2 N–H and O–H groups in total. The summed E-state index contributed by atoms with van der Waals surface area (Å²) in [6.45, 7) is 10.1. The fourth-order valence-electron chi connectivity index (χ4n) is 5.78. The van der Waals surface area contributed by atoms with Crippen molar-refractivity contribution in [3.05, 3.63) is 35.4 Å². The van der Waals surface area contributed by atoms with E-state index in [1.807, 2.05) is 34.6 Å². The maximum atomic E-state index is 12.3. The van der Waals surface area contributed by atoms with Gasteiger partial charge in [-0.2, -0.15) is 0 Å². The molecule has 1 aromatic carbocycles. The molecule has 1 heterocycles. The summed E-state index contributed by atoms with van der Waals surface area (Å²) in [5.41, 5.74) is 0.768. The van der Waals surface area contributed by atoms with Gasteiger partial charge in [-0.1, -0.05) is 49.9 Å². The van der Waals surface area contributed by atoms with Crippen LogP contribution < -0.4 is 0 Å². The largest absolute Gasteiger partial charge is 0.465 e. The molecule has 1 saturated carbocycles. The number of hydrogen-bond donors (Lipinski definition) is 2. The Kier molecular flexibility index (Phi) is 8.93. The molecule has 35 heavy (non-hydrogen) atoms. The van der Waals surface area contributed by atoms with Gasteiger partial charge in [0, 0.05) is 5.54 Å². The smallest absolute Gasteiger partial charge is 0.408 e. The van der Waals surface area contributed by atoms with Crippen molar-refractivity contribution < 1.29 is 24.5 Å². The molecule has 0 aromatic heterocycles. The Labute approximate surface area is 212 Å². The molecule has 1 amide bonds. The van der Waals surface area contributed by atoms with Gasteiger partial charge in [0.1, 0.15) is 0 Å². The van der Waals surface area contributed by atoms with Gasteiger partial charge in [0.2, 0.25) is 0 Å². The quantitative estimate of drug-likeness (QED) is 0.396. The summed E-state index contributed by atoms with van der Waals surface area (Å²) in [6.07, 6.45) is 10.0. The second-order valence-electron chi connectivity index (χ2n) is 12.3. The Morgan fingerprint density at radius 3 is 1.97 bits per heavy atom. The summed E-state index contributed by atoms with van der Waals surface area (Å²) in [5.74, 6) is -0.708. The molecule has 0 radical (unpaired) electrons. The van der Waals surface area contributed by atoms with Crippen molar-refractivity contribution in [3.8, 4) is 0 Å². The SMILES string of the molecule is CC1(C)OCC(CCc2ccc(CCCCC3(O)CCCCC3)cc2)(N(C(=O)O)C(C)(C)C)CO1. The summed E-state index contributed by atoms with van der Waals surface area (Å²) < 4.78 is 12.0. The van der Waals surface area contributed by atoms with E-state index in [0.717, 1.165) is 57.8 Å². The van der Waals surface area contributed by atoms with E-state index in [-0.39, 0.29) is 0 Å². The van der Waals surface area contributed by atoms with Crippen LogP contribution in [0.25, 0.3) is 0 Å². The van der Waals surface area contributed by atoms with Gasteiger partial charge in [-0.3, -0.25) is 4.90 Å². The summed E-state index contributed by atoms with van der Waals surface area (Å²) in [5, 5.41) is 20.8. The third kappa shape index (κ3) is 7.68. The fraction of sp³-hybridized carbons (Fsp3) is 0.759. The molecule has 2 fully saturated rings. The van der Waals surface area contributed by atoms with Crippen LogP contribution in [-0.2, 0) is 22.3 Å². The van der Waals surface area contributed by atoms with Gasteiger partial charge in [0.25, 0.3) is 0 Å². The third-order valence-electron chi connectivity index (χ3n) is 7.76. The molecule has 0 spiro atoms. The molecule has 6 nitrogen and oxygen atoms in total. The molecule has 1 aliphatic carbocycles. The van der Waals surface area contributed by atoms with Gasteiger partial charge in [-0.15, -0.1) is 0 Å². The van der Waals surface area contributed by atoms with Gasteiger partial charge in [0.05, 0.1) is 24.4 Å². The highest BCUT2D eigenvalue weighted by molar-refractivity contribution is 5.67. The predicted molar refractivity (Wildman–Crippen MR) is 139 cm³/mol. The van der Waals surface area contributed by atoms with E-state index in [1.54, 1.807) is 0 Å². The van der Waals surface area contributed by atoms with E-state index in [1.165, 1.54) is 22.4 Å². The first kappa shape index (κ1) is 27.9. The molecule has 0 atom stereocenters. The fourth-order valence-corrected chi connectivity index (χ4v) is 5.78. The van der Waals surface area contributed by atoms with E-state index in [4.69, 9.17) is 9.47 Å². The molecule has 0 bridgehead atoms. The number of rotatable bonds is 9. The Bertz CT molecular complexity index is 810. The van der Waals surface area contributed by atoms with Gasteiger partial charge in [-0.25, -0.2) is 4.79 Å². The number of unbranched alkanes of at least 4 members (excludes halogenated alkanes) is 1. The first-order valence-electron chi connectivity index (χ1n) is 13.5. The Hall–Kier alpha value is -1.63. The van der Waals surface area contributed by atoms with Crippen molar-refractivity contribution in [3.63, 3.8) is 0 Å². The Morgan fingerprint density at radius 1 is 0.914 bits per heavy atom. The molecule has 2 aliphatic rings. The van der Waals surface area contributed by atoms with Gasteiger partial charge >= 0.3 is 6.09 Å². The van der Waals surface area contributed by atoms with Crippen LogP contribution in [0.15, 0.2) is 24.3 Å². The van der Waals surface area contributed by atoms with E-state index in [9.17, 15) is 15.0 Å². The van der Waals surface area contributed by atoms with E-state index < -0.39 is 28.6 Å². The second kappa shape index (κ2) is 11.2. The van der Waals surface area contributed by atoms with Crippen molar-refractivity contribution in [1.29, 1.82) is 0 Å². The zero-order chi connectivity index (χ0) is 25.7. The highest BCUT2D eigenvalue weighted by atomic mass is 16.7. The van der Waals surface area contributed by atoms with E-state index in [2.05, 4.69) is 24.3 Å².